The van der Waals surface area contributed by atoms with E-state index in [1.54, 1.807) is 0 Å². The minimum absolute atomic E-state index is 0.221. The van der Waals surface area contributed by atoms with Gasteiger partial charge in [0.1, 0.15) is 0 Å². The van der Waals surface area contributed by atoms with Crippen LogP contribution in [0.25, 0.3) is 0 Å². The van der Waals surface area contributed by atoms with E-state index < -0.39 is 0 Å². The largest absolute Gasteiger partial charge is 0.286 e. The molecule has 0 unspecified atom stereocenters. The first-order valence-electron chi connectivity index (χ1n) is 7.29. The molecular formula is C19H19N. The van der Waals surface area contributed by atoms with Gasteiger partial charge in [0.15, 0.2) is 0 Å². The maximum absolute atomic E-state index is 3.47. The molecule has 100 valence electrons. The molecule has 0 bridgehead atoms. The van der Waals surface area contributed by atoms with Gasteiger partial charge >= 0.3 is 0 Å². The zero-order valence-corrected chi connectivity index (χ0v) is 11.6. The van der Waals surface area contributed by atoms with E-state index in [1.807, 2.05) is 18.2 Å². The summed E-state index contributed by atoms with van der Waals surface area (Å²) < 4.78 is 0. The lowest BCUT2D eigenvalue weighted by molar-refractivity contribution is 0.296. The maximum atomic E-state index is 3.47. The van der Waals surface area contributed by atoms with E-state index in [0.717, 1.165) is 18.7 Å². The van der Waals surface area contributed by atoms with Gasteiger partial charge in [0.25, 0.3) is 0 Å². The van der Waals surface area contributed by atoms with E-state index in [-0.39, 0.29) is 6.04 Å². The van der Waals surface area contributed by atoms with Crippen molar-refractivity contribution in [3.63, 3.8) is 0 Å². The molecule has 0 spiro atoms. The van der Waals surface area contributed by atoms with E-state index in [2.05, 4.69) is 59.2 Å². The highest BCUT2D eigenvalue weighted by Crippen LogP contribution is 2.24. The molecule has 0 amide bonds. The van der Waals surface area contributed by atoms with Crippen LogP contribution in [0.15, 0.2) is 60.7 Å². The van der Waals surface area contributed by atoms with Crippen LogP contribution in [0.5, 0.6) is 0 Å². The molecule has 1 nitrogen and oxygen atoms in total. The summed E-state index contributed by atoms with van der Waals surface area (Å²) in [6.45, 7) is 2.31. The Bertz CT molecular complexity index is 586. The van der Waals surface area contributed by atoms with Crippen molar-refractivity contribution in [3.8, 4) is 11.8 Å². The molecule has 0 saturated carbocycles. The third-order valence-electron chi connectivity index (χ3n) is 3.75. The normalized spacial score (nSPS) is 16.4. The zero-order valence-electron chi connectivity index (χ0n) is 11.6. The summed E-state index contributed by atoms with van der Waals surface area (Å²) in [5.41, 5.74) is 2.39. The Balaban J connectivity index is 1.88. The highest BCUT2D eigenvalue weighted by molar-refractivity contribution is 5.37. The SMILES string of the molecule is C(#C[C@H](c1ccccc1)N1CCCC1)c1ccccc1. The Morgan fingerprint density at radius 3 is 2.05 bits per heavy atom. The van der Waals surface area contributed by atoms with Crippen molar-refractivity contribution in [2.45, 2.75) is 18.9 Å². The molecule has 3 rings (SSSR count). The molecule has 2 aromatic carbocycles. The lowest BCUT2D eigenvalue weighted by Crippen LogP contribution is -2.24. The van der Waals surface area contributed by atoms with Crippen LogP contribution < -0.4 is 0 Å². The molecule has 0 aromatic heterocycles. The van der Waals surface area contributed by atoms with Crippen molar-refractivity contribution >= 4 is 0 Å². The summed E-state index contributed by atoms with van der Waals surface area (Å²) >= 11 is 0. The van der Waals surface area contributed by atoms with Crippen molar-refractivity contribution in [3.05, 3.63) is 71.8 Å². The van der Waals surface area contributed by atoms with E-state index in [1.165, 1.54) is 18.4 Å². The van der Waals surface area contributed by atoms with Gasteiger partial charge in [-0.3, -0.25) is 4.90 Å². The molecule has 20 heavy (non-hydrogen) atoms. The fourth-order valence-corrected chi connectivity index (χ4v) is 2.69. The van der Waals surface area contributed by atoms with Gasteiger partial charge in [-0.05, 0) is 43.6 Å². The zero-order chi connectivity index (χ0) is 13.6. The summed E-state index contributed by atoms with van der Waals surface area (Å²) in [5.74, 6) is 6.80. The van der Waals surface area contributed by atoms with Gasteiger partial charge in [0, 0.05) is 5.56 Å². The van der Waals surface area contributed by atoms with Gasteiger partial charge in [0.2, 0.25) is 0 Å². The summed E-state index contributed by atoms with van der Waals surface area (Å²) in [4.78, 5) is 2.49. The maximum Gasteiger partial charge on any atom is 0.0974 e. The second-order valence-electron chi connectivity index (χ2n) is 5.19. The highest BCUT2D eigenvalue weighted by atomic mass is 15.2. The second kappa shape index (κ2) is 6.41. The van der Waals surface area contributed by atoms with Crippen molar-refractivity contribution in [2.24, 2.45) is 0 Å². The van der Waals surface area contributed by atoms with E-state index in [0.29, 0.717) is 0 Å². The third kappa shape index (κ3) is 3.10. The van der Waals surface area contributed by atoms with Gasteiger partial charge in [-0.15, -0.1) is 0 Å². The number of rotatable bonds is 2. The second-order valence-corrected chi connectivity index (χ2v) is 5.19. The number of nitrogens with zero attached hydrogens (tertiary/aromatic N) is 1. The van der Waals surface area contributed by atoms with Crippen LogP contribution in [-0.4, -0.2) is 18.0 Å². The van der Waals surface area contributed by atoms with Crippen LogP contribution in [-0.2, 0) is 0 Å². The monoisotopic (exact) mass is 261 g/mol. The predicted molar refractivity (Wildman–Crippen MR) is 83.3 cm³/mol. The molecule has 1 saturated heterocycles. The van der Waals surface area contributed by atoms with Gasteiger partial charge in [-0.25, -0.2) is 0 Å². The van der Waals surface area contributed by atoms with Crippen LogP contribution in [0.4, 0.5) is 0 Å². The first-order chi connectivity index (χ1) is 9.93. The molecular weight excluding hydrogens is 242 g/mol. The third-order valence-corrected chi connectivity index (χ3v) is 3.75. The molecule has 1 heteroatoms. The molecule has 2 aromatic rings. The molecule has 0 radical (unpaired) electrons. The number of hydrogen-bond acceptors (Lipinski definition) is 1. The Labute approximate surface area is 121 Å². The molecule has 1 heterocycles. The standard InChI is InChI=1S/C19H19N/c1-3-9-17(10-4-1)13-14-19(20-15-7-8-16-20)18-11-5-2-6-12-18/h1-6,9-12,19H,7-8,15-16H2/t19-/m1/s1. The van der Waals surface area contributed by atoms with Crippen LogP contribution >= 0.6 is 0 Å². The van der Waals surface area contributed by atoms with Gasteiger partial charge in [-0.1, -0.05) is 60.4 Å². The predicted octanol–water partition coefficient (Wildman–Crippen LogP) is 3.88. The van der Waals surface area contributed by atoms with Crippen molar-refractivity contribution in [1.82, 2.24) is 4.90 Å². The molecule has 1 atom stereocenters. The van der Waals surface area contributed by atoms with E-state index in [9.17, 15) is 0 Å². The summed E-state index contributed by atoms with van der Waals surface area (Å²) in [7, 11) is 0. The minimum atomic E-state index is 0.221. The summed E-state index contributed by atoms with van der Waals surface area (Å²) in [5, 5.41) is 0. The Morgan fingerprint density at radius 2 is 1.40 bits per heavy atom. The summed E-state index contributed by atoms with van der Waals surface area (Å²) in [6, 6.07) is 21.1. The molecule has 1 aliphatic heterocycles. The number of benzene rings is 2. The van der Waals surface area contributed by atoms with Crippen molar-refractivity contribution < 1.29 is 0 Å². The molecule has 1 fully saturated rings. The number of likely N-dealkylation sites (tertiary alicyclic amines) is 1. The lowest BCUT2D eigenvalue weighted by atomic mass is 10.1. The van der Waals surface area contributed by atoms with E-state index in [4.69, 9.17) is 0 Å². The smallest absolute Gasteiger partial charge is 0.0974 e. The lowest BCUT2D eigenvalue weighted by Gasteiger charge is -2.23. The average Bonchev–Trinajstić information content (AvgIpc) is 3.04. The van der Waals surface area contributed by atoms with Crippen LogP contribution in [0, 0.1) is 11.8 Å². The topological polar surface area (TPSA) is 3.24 Å². The fourth-order valence-electron chi connectivity index (χ4n) is 2.69. The van der Waals surface area contributed by atoms with Gasteiger partial charge in [-0.2, -0.15) is 0 Å². The van der Waals surface area contributed by atoms with Crippen LogP contribution in [0.3, 0.4) is 0 Å². The first-order valence-corrected chi connectivity index (χ1v) is 7.29. The molecule has 0 aliphatic carbocycles. The van der Waals surface area contributed by atoms with Crippen molar-refractivity contribution in [1.29, 1.82) is 0 Å². The first kappa shape index (κ1) is 13.0. The summed E-state index contributed by atoms with van der Waals surface area (Å²) in [6.07, 6.45) is 2.58. The highest BCUT2D eigenvalue weighted by Gasteiger charge is 2.21. The molecule has 0 N–H and O–H groups in total. The average molecular weight is 261 g/mol. The molecule has 1 aliphatic rings. The van der Waals surface area contributed by atoms with Crippen LogP contribution in [0.2, 0.25) is 0 Å². The van der Waals surface area contributed by atoms with E-state index >= 15 is 0 Å². The van der Waals surface area contributed by atoms with Crippen molar-refractivity contribution in [2.75, 3.05) is 13.1 Å². The van der Waals surface area contributed by atoms with Gasteiger partial charge < -0.3 is 0 Å². The minimum Gasteiger partial charge on any atom is -0.286 e. The Kier molecular flexibility index (Phi) is 4.16. The Morgan fingerprint density at radius 1 is 0.800 bits per heavy atom. The van der Waals surface area contributed by atoms with Crippen LogP contribution in [0.1, 0.15) is 30.0 Å². The number of hydrogen-bond donors (Lipinski definition) is 0. The quantitative estimate of drug-likeness (QED) is 0.742. The fraction of sp³-hybridized carbons (Fsp3) is 0.263. The van der Waals surface area contributed by atoms with Gasteiger partial charge in [0.05, 0.1) is 6.04 Å². The Hall–Kier alpha value is -2.04.